The molecule has 0 atom stereocenters. The third kappa shape index (κ3) is 4.67. The van der Waals surface area contributed by atoms with Crippen molar-refractivity contribution in [2.75, 3.05) is 18.9 Å². The minimum Gasteiger partial charge on any atom is -0.408 e. The van der Waals surface area contributed by atoms with Crippen molar-refractivity contribution >= 4 is 21.9 Å². The third-order valence-corrected chi connectivity index (χ3v) is 5.68. The molecule has 1 N–H and O–H groups in total. The summed E-state index contributed by atoms with van der Waals surface area (Å²) in [6, 6.07) is 5.75. The van der Waals surface area contributed by atoms with E-state index >= 15 is 0 Å². The fraction of sp³-hybridized carbons (Fsp3) is 0.471. The smallest absolute Gasteiger partial charge is 0.322 e. The molecule has 0 saturated heterocycles. The Bertz CT molecular complexity index is 844. The van der Waals surface area contributed by atoms with Crippen LogP contribution < -0.4 is 5.32 Å². The second kappa shape index (κ2) is 8.41. The number of aromatic nitrogens is 2. The summed E-state index contributed by atoms with van der Waals surface area (Å²) in [6.07, 6.45) is 1.70. The van der Waals surface area contributed by atoms with Crippen molar-refractivity contribution in [2.45, 2.75) is 44.4 Å². The number of carbonyl (C=O) groups excluding carboxylic acids is 1. The molecule has 0 bridgehead atoms. The monoisotopic (exact) mass is 380 g/mol. The summed E-state index contributed by atoms with van der Waals surface area (Å²) >= 11 is 0. The van der Waals surface area contributed by atoms with Crippen LogP contribution in [0.5, 0.6) is 0 Å². The maximum atomic E-state index is 12.5. The van der Waals surface area contributed by atoms with Crippen molar-refractivity contribution in [2.24, 2.45) is 0 Å². The Kier molecular flexibility index (Phi) is 6.49. The van der Waals surface area contributed by atoms with Gasteiger partial charge in [-0.3, -0.25) is 10.1 Å². The van der Waals surface area contributed by atoms with Gasteiger partial charge in [0.25, 0.3) is 5.91 Å². The number of hydrogen-bond donors (Lipinski definition) is 1. The summed E-state index contributed by atoms with van der Waals surface area (Å²) in [5.74, 6) is 0.0337. The topological polar surface area (TPSA) is 105 Å². The van der Waals surface area contributed by atoms with Crippen LogP contribution in [0.4, 0.5) is 6.01 Å². The summed E-state index contributed by atoms with van der Waals surface area (Å²) < 4.78 is 31.6. The average Bonchev–Trinajstić information content (AvgIpc) is 3.08. The van der Waals surface area contributed by atoms with Gasteiger partial charge in [0.2, 0.25) is 15.9 Å². The Morgan fingerprint density at radius 3 is 2.42 bits per heavy atom. The lowest BCUT2D eigenvalue weighted by molar-refractivity contribution is 0.102. The van der Waals surface area contributed by atoms with Crippen LogP contribution in [0, 0.1) is 0 Å². The molecular weight excluding hydrogens is 356 g/mol. The normalized spacial score (nSPS) is 11.9. The molecule has 26 heavy (non-hydrogen) atoms. The molecule has 8 nitrogen and oxygen atoms in total. The summed E-state index contributed by atoms with van der Waals surface area (Å²) in [5, 5.41) is 10.1. The lowest BCUT2D eigenvalue weighted by atomic mass is 10.2. The molecule has 0 saturated carbocycles. The zero-order valence-electron chi connectivity index (χ0n) is 15.4. The summed E-state index contributed by atoms with van der Waals surface area (Å²) in [4.78, 5) is 12.4. The van der Waals surface area contributed by atoms with Crippen molar-refractivity contribution in [1.82, 2.24) is 14.5 Å². The summed E-state index contributed by atoms with van der Waals surface area (Å²) in [5.41, 5.74) is 0.296. The molecule has 1 heterocycles. The number of nitrogens with zero attached hydrogens (tertiary/aromatic N) is 3. The van der Waals surface area contributed by atoms with Gasteiger partial charge in [-0.2, -0.15) is 0 Å². The first-order valence-corrected chi connectivity index (χ1v) is 9.90. The van der Waals surface area contributed by atoms with Gasteiger partial charge >= 0.3 is 6.01 Å². The Balaban J connectivity index is 2.09. The van der Waals surface area contributed by atoms with Gasteiger partial charge in [0.1, 0.15) is 0 Å². The number of unbranched alkanes of at least 4 members (excludes halogenated alkanes) is 1. The van der Waals surface area contributed by atoms with Crippen molar-refractivity contribution in [1.29, 1.82) is 0 Å². The van der Waals surface area contributed by atoms with E-state index in [1.165, 1.54) is 28.6 Å². The molecule has 0 aliphatic carbocycles. The lowest BCUT2D eigenvalue weighted by Gasteiger charge is -2.16. The first-order valence-electron chi connectivity index (χ1n) is 8.46. The molecule has 0 unspecified atom stereocenters. The molecule has 9 heteroatoms. The van der Waals surface area contributed by atoms with E-state index in [4.69, 9.17) is 4.42 Å². The van der Waals surface area contributed by atoms with E-state index in [0.717, 1.165) is 12.8 Å². The predicted molar refractivity (Wildman–Crippen MR) is 97.5 cm³/mol. The quantitative estimate of drug-likeness (QED) is 0.755. The molecule has 0 fully saturated rings. The van der Waals surface area contributed by atoms with Gasteiger partial charge in [0.15, 0.2) is 0 Å². The highest BCUT2D eigenvalue weighted by Crippen LogP contribution is 2.18. The molecule has 0 radical (unpaired) electrons. The summed E-state index contributed by atoms with van der Waals surface area (Å²) in [6.45, 7) is 6.25. The van der Waals surface area contributed by atoms with Gasteiger partial charge in [-0.15, -0.1) is 5.10 Å². The summed E-state index contributed by atoms with van der Waals surface area (Å²) in [7, 11) is -2.01. The highest BCUT2D eigenvalue weighted by molar-refractivity contribution is 7.89. The Labute approximate surface area is 153 Å². The molecular formula is C17H24N4O4S. The van der Waals surface area contributed by atoms with Crippen LogP contribution in [-0.2, 0) is 10.0 Å². The van der Waals surface area contributed by atoms with E-state index < -0.39 is 15.9 Å². The van der Waals surface area contributed by atoms with Crippen molar-refractivity contribution in [3.63, 3.8) is 0 Å². The fourth-order valence-corrected chi connectivity index (χ4v) is 3.36. The fourth-order valence-electron chi connectivity index (χ4n) is 2.15. The molecule has 1 aromatic heterocycles. The zero-order valence-corrected chi connectivity index (χ0v) is 16.2. The Hall–Kier alpha value is -2.26. The number of amides is 1. The highest BCUT2D eigenvalue weighted by atomic mass is 32.2. The van der Waals surface area contributed by atoms with E-state index in [0.29, 0.717) is 18.0 Å². The van der Waals surface area contributed by atoms with Crippen molar-refractivity contribution in [3.8, 4) is 0 Å². The number of benzene rings is 1. The molecule has 0 aliphatic rings. The van der Waals surface area contributed by atoms with Gasteiger partial charge in [-0.25, -0.2) is 12.7 Å². The molecule has 1 aromatic carbocycles. The second-order valence-corrected chi connectivity index (χ2v) is 8.30. The van der Waals surface area contributed by atoms with Crippen LogP contribution >= 0.6 is 0 Å². The van der Waals surface area contributed by atoms with E-state index in [1.807, 2.05) is 20.8 Å². The van der Waals surface area contributed by atoms with Crippen LogP contribution in [-0.4, -0.2) is 42.4 Å². The standard InChI is InChI=1S/C17H24N4O4S/c1-5-6-11-21(4)26(23,24)14-9-7-13(8-10-14)15(22)18-17-20-19-16(25-17)12(2)3/h7-10,12H,5-6,11H2,1-4H3,(H,18,20,22). The average molecular weight is 380 g/mol. The molecule has 142 valence electrons. The number of hydrogen-bond acceptors (Lipinski definition) is 6. The second-order valence-electron chi connectivity index (χ2n) is 6.26. The van der Waals surface area contributed by atoms with E-state index in [-0.39, 0.29) is 16.8 Å². The molecule has 0 aliphatic heterocycles. The SMILES string of the molecule is CCCCN(C)S(=O)(=O)c1ccc(C(=O)Nc2nnc(C(C)C)o2)cc1. The first-order chi connectivity index (χ1) is 12.3. The molecule has 1 amide bonds. The van der Waals surface area contributed by atoms with Crippen LogP contribution in [0.15, 0.2) is 33.6 Å². The maximum absolute atomic E-state index is 12.5. The van der Waals surface area contributed by atoms with Crippen molar-refractivity contribution in [3.05, 3.63) is 35.7 Å². The highest BCUT2D eigenvalue weighted by Gasteiger charge is 2.21. The predicted octanol–water partition coefficient (Wildman–Crippen LogP) is 2.87. The Morgan fingerprint density at radius 1 is 1.23 bits per heavy atom. The van der Waals surface area contributed by atoms with Gasteiger partial charge in [0, 0.05) is 25.1 Å². The van der Waals surface area contributed by atoms with E-state index in [1.54, 1.807) is 7.05 Å². The molecule has 0 spiro atoms. The van der Waals surface area contributed by atoms with Crippen LogP contribution in [0.1, 0.15) is 55.8 Å². The van der Waals surface area contributed by atoms with Gasteiger partial charge in [-0.05, 0) is 30.7 Å². The van der Waals surface area contributed by atoms with Gasteiger partial charge in [-0.1, -0.05) is 32.3 Å². The maximum Gasteiger partial charge on any atom is 0.322 e. The van der Waals surface area contributed by atoms with Crippen LogP contribution in [0.25, 0.3) is 0 Å². The number of anilines is 1. The zero-order chi connectivity index (χ0) is 19.3. The van der Waals surface area contributed by atoms with Crippen LogP contribution in [0.3, 0.4) is 0 Å². The lowest BCUT2D eigenvalue weighted by Crippen LogP contribution is -2.28. The first kappa shape index (κ1) is 20.1. The van der Waals surface area contributed by atoms with E-state index in [9.17, 15) is 13.2 Å². The third-order valence-electron chi connectivity index (χ3n) is 3.81. The number of carbonyl (C=O) groups is 1. The van der Waals surface area contributed by atoms with E-state index in [2.05, 4.69) is 15.5 Å². The van der Waals surface area contributed by atoms with Gasteiger partial charge < -0.3 is 4.42 Å². The minimum absolute atomic E-state index is 0.00898. The molecule has 2 aromatic rings. The largest absolute Gasteiger partial charge is 0.408 e. The van der Waals surface area contributed by atoms with Crippen molar-refractivity contribution < 1.29 is 17.6 Å². The molecule has 2 rings (SSSR count). The Morgan fingerprint density at radius 2 is 1.88 bits per heavy atom. The number of nitrogens with one attached hydrogen (secondary N) is 1. The number of rotatable bonds is 8. The van der Waals surface area contributed by atoms with Crippen LogP contribution in [0.2, 0.25) is 0 Å². The van der Waals surface area contributed by atoms with Gasteiger partial charge in [0.05, 0.1) is 4.90 Å². The number of sulfonamides is 1. The minimum atomic E-state index is -3.56.